The minimum absolute atomic E-state index is 0.126. The molecule has 6 heteroatoms. The van der Waals surface area contributed by atoms with Gasteiger partial charge in [0.15, 0.2) is 0 Å². The Bertz CT molecular complexity index is 867. The van der Waals surface area contributed by atoms with Crippen molar-refractivity contribution in [1.29, 1.82) is 0 Å². The van der Waals surface area contributed by atoms with E-state index in [0.717, 1.165) is 35.6 Å². The SMILES string of the molecule is O=C(c1cccs1)N1CCC[C@H](c2ccnc(Nc3ccccc3)n2)C1. The van der Waals surface area contributed by atoms with Gasteiger partial charge in [-0.2, -0.15) is 0 Å². The molecule has 2 aromatic heterocycles. The van der Waals surface area contributed by atoms with Gasteiger partial charge in [0, 0.05) is 30.9 Å². The second-order valence-corrected chi connectivity index (χ2v) is 7.31. The number of nitrogens with one attached hydrogen (secondary N) is 1. The number of hydrogen-bond donors (Lipinski definition) is 1. The number of carbonyl (C=O) groups excluding carboxylic acids is 1. The van der Waals surface area contributed by atoms with Crippen molar-refractivity contribution >= 4 is 28.9 Å². The van der Waals surface area contributed by atoms with Crippen LogP contribution in [-0.4, -0.2) is 33.9 Å². The lowest BCUT2D eigenvalue weighted by Gasteiger charge is -2.32. The van der Waals surface area contributed by atoms with Gasteiger partial charge in [-0.25, -0.2) is 9.97 Å². The summed E-state index contributed by atoms with van der Waals surface area (Å²) >= 11 is 1.50. The molecule has 0 unspecified atom stereocenters. The standard InChI is InChI=1S/C20H20N4OS/c25-19(18-9-5-13-26-18)24-12-4-6-15(14-24)17-10-11-21-20(23-17)22-16-7-2-1-3-8-16/h1-3,5,7-11,13,15H,4,6,12,14H2,(H,21,22,23)/t15-/m0/s1. The van der Waals surface area contributed by atoms with Gasteiger partial charge in [-0.3, -0.25) is 4.79 Å². The van der Waals surface area contributed by atoms with E-state index in [2.05, 4.69) is 10.3 Å². The van der Waals surface area contributed by atoms with Crippen LogP contribution in [0.25, 0.3) is 0 Å². The van der Waals surface area contributed by atoms with Crippen molar-refractivity contribution in [2.24, 2.45) is 0 Å². The molecule has 1 amide bonds. The molecule has 3 heterocycles. The van der Waals surface area contributed by atoms with Gasteiger partial charge in [-0.1, -0.05) is 24.3 Å². The smallest absolute Gasteiger partial charge is 0.263 e. The Morgan fingerprint density at radius 3 is 2.85 bits per heavy atom. The Kier molecular flexibility index (Phi) is 4.93. The number of aromatic nitrogens is 2. The highest BCUT2D eigenvalue weighted by atomic mass is 32.1. The van der Waals surface area contributed by atoms with E-state index in [9.17, 15) is 4.79 Å². The van der Waals surface area contributed by atoms with Crippen molar-refractivity contribution in [2.75, 3.05) is 18.4 Å². The molecule has 1 aliphatic heterocycles. The maximum atomic E-state index is 12.6. The second-order valence-electron chi connectivity index (χ2n) is 6.36. The molecule has 1 N–H and O–H groups in total. The number of thiophene rings is 1. The molecule has 1 atom stereocenters. The number of piperidine rings is 1. The highest BCUT2D eigenvalue weighted by Gasteiger charge is 2.26. The Morgan fingerprint density at radius 1 is 1.15 bits per heavy atom. The molecule has 0 saturated carbocycles. The number of hydrogen-bond acceptors (Lipinski definition) is 5. The van der Waals surface area contributed by atoms with Crippen LogP contribution >= 0.6 is 11.3 Å². The van der Waals surface area contributed by atoms with Crippen LogP contribution < -0.4 is 5.32 Å². The van der Waals surface area contributed by atoms with Gasteiger partial charge in [0.25, 0.3) is 5.91 Å². The van der Waals surface area contributed by atoms with Gasteiger partial charge in [-0.15, -0.1) is 11.3 Å². The summed E-state index contributed by atoms with van der Waals surface area (Å²) in [4.78, 5) is 24.4. The molecule has 5 nitrogen and oxygen atoms in total. The van der Waals surface area contributed by atoms with Crippen LogP contribution in [-0.2, 0) is 0 Å². The predicted octanol–water partition coefficient (Wildman–Crippen LogP) is 4.30. The topological polar surface area (TPSA) is 58.1 Å². The van der Waals surface area contributed by atoms with Crippen molar-refractivity contribution in [3.05, 3.63) is 70.7 Å². The van der Waals surface area contributed by atoms with E-state index in [1.54, 1.807) is 6.20 Å². The molecule has 0 bridgehead atoms. The molecule has 0 spiro atoms. The fraction of sp³-hybridized carbons (Fsp3) is 0.250. The average Bonchev–Trinajstić information content (AvgIpc) is 3.23. The number of benzene rings is 1. The van der Waals surface area contributed by atoms with E-state index in [1.807, 2.05) is 58.8 Å². The molecule has 0 radical (unpaired) electrons. The third-order valence-corrected chi connectivity index (χ3v) is 5.42. The largest absolute Gasteiger partial charge is 0.337 e. The summed E-state index contributed by atoms with van der Waals surface area (Å²) in [5, 5.41) is 5.18. The monoisotopic (exact) mass is 364 g/mol. The zero-order valence-electron chi connectivity index (χ0n) is 14.3. The lowest BCUT2D eigenvalue weighted by atomic mass is 9.94. The molecule has 1 fully saturated rings. The summed E-state index contributed by atoms with van der Waals surface area (Å²) in [5.41, 5.74) is 1.95. The van der Waals surface area contributed by atoms with E-state index in [4.69, 9.17) is 4.98 Å². The third-order valence-electron chi connectivity index (χ3n) is 4.57. The normalized spacial score (nSPS) is 17.1. The molecule has 0 aliphatic carbocycles. The zero-order valence-corrected chi connectivity index (χ0v) is 15.2. The summed E-state index contributed by atoms with van der Waals surface area (Å²) in [5.74, 6) is 0.962. The Balaban J connectivity index is 1.48. The molecular formula is C20H20N4OS. The minimum Gasteiger partial charge on any atom is -0.337 e. The number of amides is 1. The fourth-order valence-electron chi connectivity index (χ4n) is 3.27. The zero-order chi connectivity index (χ0) is 17.8. The average molecular weight is 364 g/mol. The van der Waals surface area contributed by atoms with E-state index >= 15 is 0 Å². The summed E-state index contributed by atoms with van der Waals surface area (Å²) < 4.78 is 0. The van der Waals surface area contributed by atoms with Crippen LogP contribution in [0.2, 0.25) is 0 Å². The van der Waals surface area contributed by atoms with E-state index in [-0.39, 0.29) is 11.8 Å². The molecule has 1 aliphatic rings. The van der Waals surface area contributed by atoms with Gasteiger partial charge < -0.3 is 10.2 Å². The number of likely N-dealkylation sites (tertiary alicyclic amines) is 1. The number of anilines is 2. The maximum Gasteiger partial charge on any atom is 0.263 e. The molecule has 1 aromatic carbocycles. The summed E-state index contributed by atoms with van der Waals surface area (Å²) in [6.45, 7) is 1.52. The van der Waals surface area contributed by atoms with Crippen molar-refractivity contribution in [2.45, 2.75) is 18.8 Å². The summed E-state index contributed by atoms with van der Waals surface area (Å²) in [6, 6.07) is 15.7. The van der Waals surface area contributed by atoms with Crippen molar-refractivity contribution in [1.82, 2.24) is 14.9 Å². The van der Waals surface area contributed by atoms with E-state index in [0.29, 0.717) is 12.5 Å². The van der Waals surface area contributed by atoms with Crippen LogP contribution in [0.1, 0.15) is 34.1 Å². The summed E-state index contributed by atoms with van der Waals surface area (Å²) in [7, 11) is 0. The molecule has 3 aromatic rings. The first-order chi connectivity index (χ1) is 12.8. The highest BCUT2D eigenvalue weighted by Crippen LogP contribution is 2.28. The number of para-hydroxylation sites is 1. The Labute approximate surface area is 156 Å². The first-order valence-corrected chi connectivity index (χ1v) is 9.65. The molecule has 132 valence electrons. The second kappa shape index (κ2) is 7.66. The molecule has 26 heavy (non-hydrogen) atoms. The lowest BCUT2D eigenvalue weighted by molar-refractivity contribution is 0.0711. The number of rotatable bonds is 4. The lowest BCUT2D eigenvalue weighted by Crippen LogP contribution is -2.39. The van der Waals surface area contributed by atoms with Gasteiger partial charge in [0.2, 0.25) is 5.95 Å². The van der Waals surface area contributed by atoms with Crippen LogP contribution in [0.5, 0.6) is 0 Å². The first kappa shape index (κ1) is 16.7. The highest BCUT2D eigenvalue weighted by molar-refractivity contribution is 7.12. The number of carbonyl (C=O) groups is 1. The van der Waals surface area contributed by atoms with Crippen LogP contribution in [0, 0.1) is 0 Å². The van der Waals surface area contributed by atoms with Gasteiger partial charge >= 0.3 is 0 Å². The van der Waals surface area contributed by atoms with E-state index < -0.39 is 0 Å². The van der Waals surface area contributed by atoms with Gasteiger partial charge in [0.1, 0.15) is 0 Å². The Hall–Kier alpha value is -2.73. The van der Waals surface area contributed by atoms with Crippen molar-refractivity contribution in [3.63, 3.8) is 0 Å². The van der Waals surface area contributed by atoms with Crippen LogP contribution in [0.3, 0.4) is 0 Å². The Morgan fingerprint density at radius 2 is 2.04 bits per heavy atom. The number of nitrogens with zero attached hydrogens (tertiary/aromatic N) is 3. The van der Waals surface area contributed by atoms with E-state index in [1.165, 1.54) is 11.3 Å². The minimum atomic E-state index is 0.126. The van der Waals surface area contributed by atoms with Crippen molar-refractivity contribution < 1.29 is 4.79 Å². The molecular weight excluding hydrogens is 344 g/mol. The first-order valence-electron chi connectivity index (χ1n) is 8.77. The van der Waals surface area contributed by atoms with Crippen molar-refractivity contribution in [3.8, 4) is 0 Å². The van der Waals surface area contributed by atoms with Crippen LogP contribution in [0.15, 0.2) is 60.1 Å². The fourth-order valence-corrected chi connectivity index (χ4v) is 3.96. The predicted molar refractivity (Wildman–Crippen MR) is 104 cm³/mol. The molecule has 1 saturated heterocycles. The van der Waals surface area contributed by atoms with Gasteiger partial charge in [0.05, 0.1) is 10.6 Å². The maximum absolute atomic E-state index is 12.6. The van der Waals surface area contributed by atoms with Gasteiger partial charge in [-0.05, 0) is 42.5 Å². The molecule has 4 rings (SSSR count). The summed E-state index contributed by atoms with van der Waals surface area (Å²) in [6.07, 6.45) is 3.82. The quantitative estimate of drug-likeness (QED) is 0.750. The van der Waals surface area contributed by atoms with Crippen LogP contribution in [0.4, 0.5) is 11.6 Å². The third kappa shape index (κ3) is 3.75.